The normalized spacial score (nSPS) is 15.7. The standard InChI is InChI=1S/C24H22N2O4/c1-16(17-9-3-2-4-10-17)25-23(27)18-11-5-6-12-19(18)26-24(28)22-15-29-20-13-7-8-14-21(20)30-22/h2-14,16,22H,15H2,1H3,(H,25,27)(H,26,28)/t16-,22-/m0/s1. The fourth-order valence-corrected chi connectivity index (χ4v) is 3.25. The van der Waals surface area contributed by atoms with Crippen LogP contribution in [0.1, 0.15) is 28.9 Å². The van der Waals surface area contributed by atoms with E-state index >= 15 is 0 Å². The van der Waals surface area contributed by atoms with Crippen LogP contribution in [0.25, 0.3) is 0 Å². The zero-order chi connectivity index (χ0) is 20.9. The molecule has 1 aliphatic heterocycles. The third-order valence-electron chi connectivity index (χ3n) is 4.88. The minimum atomic E-state index is -0.806. The average Bonchev–Trinajstić information content (AvgIpc) is 2.79. The van der Waals surface area contributed by atoms with E-state index in [0.29, 0.717) is 22.7 Å². The summed E-state index contributed by atoms with van der Waals surface area (Å²) in [7, 11) is 0. The molecule has 0 radical (unpaired) electrons. The molecular formula is C24H22N2O4. The first kappa shape index (κ1) is 19.5. The average molecular weight is 402 g/mol. The summed E-state index contributed by atoms with van der Waals surface area (Å²) in [6.45, 7) is 2.02. The number of amides is 2. The van der Waals surface area contributed by atoms with Crippen molar-refractivity contribution >= 4 is 17.5 Å². The molecule has 3 aromatic rings. The van der Waals surface area contributed by atoms with E-state index in [1.807, 2.05) is 49.4 Å². The second-order valence-corrected chi connectivity index (χ2v) is 7.00. The highest BCUT2D eigenvalue weighted by Crippen LogP contribution is 2.31. The summed E-state index contributed by atoms with van der Waals surface area (Å²) in [5.74, 6) is 0.483. The van der Waals surface area contributed by atoms with Gasteiger partial charge in [-0.3, -0.25) is 9.59 Å². The maximum atomic E-state index is 12.9. The molecule has 0 fully saturated rings. The van der Waals surface area contributed by atoms with Crippen molar-refractivity contribution in [2.24, 2.45) is 0 Å². The Labute approximate surface area is 174 Å². The van der Waals surface area contributed by atoms with Gasteiger partial charge >= 0.3 is 0 Å². The highest BCUT2D eigenvalue weighted by Gasteiger charge is 2.28. The summed E-state index contributed by atoms with van der Waals surface area (Å²) in [4.78, 5) is 25.6. The Kier molecular flexibility index (Phi) is 5.66. The predicted molar refractivity (Wildman–Crippen MR) is 114 cm³/mol. The van der Waals surface area contributed by atoms with Crippen LogP contribution < -0.4 is 20.1 Å². The van der Waals surface area contributed by atoms with Crippen LogP contribution >= 0.6 is 0 Å². The Morgan fingerprint density at radius 1 is 0.900 bits per heavy atom. The van der Waals surface area contributed by atoms with Crippen molar-refractivity contribution in [2.45, 2.75) is 19.1 Å². The van der Waals surface area contributed by atoms with Crippen LogP contribution in [-0.4, -0.2) is 24.5 Å². The van der Waals surface area contributed by atoms with Crippen LogP contribution in [0.3, 0.4) is 0 Å². The number of ether oxygens (including phenoxy) is 2. The number of carbonyl (C=O) groups is 2. The maximum absolute atomic E-state index is 12.9. The van der Waals surface area contributed by atoms with E-state index in [-0.39, 0.29) is 24.5 Å². The smallest absolute Gasteiger partial charge is 0.269 e. The van der Waals surface area contributed by atoms with Gasteiger partial charge in [0, 0.05) is 0 Å². The molecule has 0 saturated heterocycles. The van der Waals surface area contributed by atoms with Gasteiger partial charge in [-0.25, -0.2) is 0 Å². The molecule has 6 nitrogen and oxygen atoms in total. The zero-order valence-electron chi connectivity index (χ0n) is 16.5. The molecule has 1 heterocycles. The summed E-state index contributed by atoms with van der Waals surface area (Å²) in [6.07, 6.45) is -0.806. The number of anilines is 1. The first-order chi connectivity index (χ1) is 14.6. The molecule has 1 aliphatic rings. The summed E-state index contributed by atoms with van der Waals surface area (Å²) >= 11 is 0. The van der Waals surface area contributed by atoms with Gasteiger partial charge in [-0.1, -0.05) is 54.6 Å². The lowest BCUT2D eigenvalue weighted by Gasteiger charge is -2.26. The van der Waals surface area contributed by atoms with Crippen molar-refractivity contribution in [2.75, 3.05) is 11.9 Å². The number of fused-ring (bicyclic) bond motifs is 1. The molecule has 2 N–H and O–H groups in total. The van der Waals surface area contributed by atoms with Gasteiger partial charge in [0.05, 0.1) is 17.3 Å². The molecule has 0 spiro atoms. The van der Waals surface area contributed by atoms with Gasteiger partial charge in [0.15, 0.2) is 11.5 Å². The topological polar surface area (TPSA) is 76.7 Å². The van der Waals surface area contributed by atoms with Crippen molar-refractivity contribution < 1.29 is 19.1 Å². The van der Waals surface area contributed by atoms with Crippen molar-refractivity contribution in [3.05, 3.63) is 90.0 Å². The summed E-state index contributed by atoms with van der Waals surface area (Å²) < 4.78 is 11.4. The van der Waals surface area contributed by atoms with Gasteiger partial charge in [0.1, 0.15) is 6.61 Å². The minimum absolute atomic E-state index is 0.0995. The highest BCUT2D eigenvalue weighted by molar-refractivity contribution is 6.04. The van der Waals surface area contributed by atoms with Crippen molar-refractivity contribution in [3.63, 3.8) is 0 Å². The number of hydrogen-bond donors (Lipinski definition) is 2. The molecule has 0 aliphatic carbocycles. The van der Waals surface area contributed by atoms with Crippen LogP contribution in [0.5, 0.6) is 11.5 Å². The molecule has 4 rings (SSSR count). The van der Waals surface area contributed by atoms with Crippen LogP contribution in [0.15, 0.2) is 78.9 Å². The fourth-order valence-electron chi connectivity index (χ4n) is 3.25. The van der Waals surface area contributed by atoms with Gasteiger partial charge < -0.3 is 20.1 Å². The molecule has 0 bridgehead atoms. The van der Waals surface area contributed by atoms with E-state index in [9.17, 15) is 9.59 Å². The summed E-state index contributed by atoms with van der Waals surface area (Å²) in [6, 6.07) is 23.6. The molecule has 152 valence electrons. The lowest BCUT2D eigenvalue weighted by atomic mass is 10.1. The van der Waals surface area contributed by atoms with Gasteiger partial charge in [-0.2, -0.15) is 0 Å². The van der Waals surface area contributed by atoms with Gasteiger partial charge in [-0.15, -0.1) is 0 Å². The predicted octanol–water partition coefficient (Wildman–Crippen LogP) is 3.96. The lowest BCUT2D eigenvalue weighted by Crippen LogP contribution is -2.40. The molecule has 0 aromatic heterocycles. The number of para-hydroxylation sites is 3. The van der Waals surface area contributed by atoms with E-state index in [0.717, 1.165) is 5.56 Å². The molecule has 2 atom stereocenters. The second-order valence-electron chi connectivity index (χ2n) is 7.00. The number of carbonyl (C=O) groups excluding carboxylic acids is 2. The Bertz CT molecular complexity index is 1050. The fraction of sp³-hybridized carbons (Fsp3) is 0.167. The van der Waals surface area contributed by atoms with Crippen LogP contribution in [0.2, 0.25) is 0 Å². The molecule has 3 aromatic carbocycles. The number of benzene rings is 3. The first-order valence-corrected chi connectivity index (χ1v) is 9.76. The lowest BCUT2D eigenvalue weighted by molar-refractivity contribution is -0.125. The number of nitrogens with one attached hydrogen (secondary N) is 2. The Hall–Kier alpha value is -3.80. The summed E-state index contributed by atoms with van der Waals surface area (Å²) in [5, 5.41) is 5.77. The molecular weight excluding hydrogens is 380 g/mol. The molecule has 0 saturated carbocycles. The van der Waals surface area contributed by atoms with Gasteiger partial charge in [0.25, 0.3) is 11.8 Å². The SMILES string of the molecule is C[C@H](NC(=O)c1ccccc1NC(=O)[C@@H]1COc2ccccc2O1)c1ccccc1. The van der Waals surface area contributed by atoms with Crippen LogP contribution in [0.4, 0.5) is 5.69 Å². The van der Waals surface area contributed by atoms with E-state index < -0.39 is 6.10 Å². The number of hydrogen-bond acceptors (Lipinski definition) is 4. The molecule has 6 heteroatoms. The molecule has 2 amide bonds. The van der Waals surface area contributed by atoms with E-state index in [4.69, 9.17) is 9.47 Å². The third-order valence-corrected chi connectivity index (χ3v) is 4.88. The number of rotatable bonds is 5. The van der Waals surface area contributed by atoms with Crippen molar-refractivity contribution in [3.8, 4) is 11.5 Å². The highest BCUT2D eigenvalue weighted by atomic mass is 16.6. The molecule has 0 unspecified atom stereocenters. The van der Waals surface area contributed by atoms with Crippen LogP contribution in [-0.2, 0) is 4.79 Å². The Balaban J connectivity index is 1.45. The Morgan fingerprint density at radius 3 is 2.37 bits per heavy atom. The molecule has 30 heavy (non-hydrogen) atoms. The quantitative estimate of drug-likeness (QED) is 0.677. The summed E-state index contributed by atoms with van der Waals surface area (Å²) in [5.41, 5.74) is 1.80. The van der Waals surface area contributed by atoms with Gasteiger partial charge in [0.2, 0.25) is 6.10 Å². The first-order valence-electron chi connectivity index (χ1n) is 9.76. The van der Waals surface area contributed by atoms with Crippen LogP contribution in [0, 0.1) is 0 Å². The largest absolute Gasteiger partial charge is 0.485 e. The minimum Gasteiger partial charge on any atom is -0.485 e. The zero-order valence-corrected chi connectivity index (χ0v) is 16.5. The third kappa shape index (κ3) is 4.27. The monoisotopic (exact) mass is 402 g/mol. The van der Waals surface area contributed by atoms with Crippen molar-refractivity contribution in [1.29, 1.82) is 0 Å². The van der Waals surface area contributed by atoms with E-state index in [1.54, 1.807) is 36.4 Å². The Morgan fingerprint density at radius 2 is 1.57 bits per heavy atom. The van der Waals surface area contributed by atoms with Crippen molar-refractivity contribution in [1.82, 2.24) is 5.32 Å². The van der Waals surface area contributed by atoms with E-state index in [1.165, 1.54) is 0 Å². The van der Waals surface area contributed by atoms with E-state index in [2.05, 4.69) is 10.6 Å². The second kappa shape index (κ2) is 8.69. The van der Waals surface area contributed by atoms with Gasteiger partial charge in [-0.05, 0) is 36.8 Å². The maximum Gasteiger partial charge on any atom is 0.269 e.